The van der Waals surface area contributed by atoms with E-state index in [0.29, 0.717) is 10.8 Å². The van der Waals surface area contributed by atoms with Crippen molar-refractivity contribution in [1.82, 2.24) is 8.61 Å². The topological polar surface area (TPSA) is 71.4 Å². The number of ether oxygens (including phenoxy) is 1. The third-order valence-corrected chi connectivity index (χ3v) is 7.82. The fourth-order valence-corrected chi connectivity index (χ4v) is 5.50. The lowest BCUT2D eigenvalue weighted by Gasteiger charge is -2.21. The second kappa shape index (κ2) is 11.0. The molecule has 0 aromatic heterocycles. The normalized spacial score (nSPS) is 14.7. The number of amides is 2. The first-order valence-electron chi connectivity index (χ1n) is 7.91. The van der Waals surface area contributed by atoms with E-state index in [1.807, 2.05) is 48.0 Å². The molecule has 0 bridgehead atoms. The van der Waals surface area contributed by atoms with Gasteiger partial charge in [0.15, 0.2) is 0 Å². The van der Waals surface area contributed by atoms with Crippen molar-refractivity contribution in [3.8, 4) is 5.75 Å². The molecular formula is C16H21N3O4S4. The average Bonchev–Trinajstić information content (AvgIpc) is 3.20. The fourth-order valence-electron chi connectivity index (χ4n) is 1.91. The van der Waals surface area contributed by atoms with Crippen molar-refractivity contribution in [3.05, 3.63) is 29.8 Å². The first kappa shape index (κ1) is 22.1. The highest BCUT2D eigenvalue weighted by molar-refractivity contribution is 8.19. The van der Waals surface area contributed by atoms with E-state index in [4.69, 9.17) is 9.57 Å². The summed E-state index contributed by atoms with van der Waals surface area (Å²) in [6.07, 6.45) is 0.561. The van der Waals surface area contributed by atoms with Crippen LogP contribution in [0.1, 0.15) is 17.1 Å². The number of carbonyl (C=O) groups excluding carboxylic acids is 2. The molecule has 2 rings (SSSR count). The van der Waals surface area contributed by atoms with E-state index in [-0.39, 0.29) is 4.58 Å². The quantitative estimate of drug-likeness (QED) is 0.207. The molecule has 0 atom stereocenters. The number of thioether (sulfide) groups is 3. The van der Waals surface area contributed by atoms with Crippen molar-refractivity contribution in [2.24, 2.45) is 5.16 Å². The Hall–Kier alpha value is -1.17. The Bertz CT molecular complexity index is 698. The van der Waals surface area contributed by atoms with Gasteiger partial charge in [0, 0.05) is 31.2 Å². The third kappa shape index (κ3) is 6.74. The van der Waals surface area contributed by atoms with E-state index in [9.17, 15) is 9.59 Å². The van der Waals surface area contributed by atoms with Gasteiger partial charge in [-0.25, -0.2) is 18.2 Å². The molecule has 0 spiro atoms. The van der Waals surface area contributed by atoms with Gasteiger partial charge in [0.2, 0.25) is 0 Å². The number of carbonyl (C=O) groups is 2. The molecule has 1 aliphatic rings. The van der Waals surface area contributed by atoms with E-state index in [1.54, 1.807) is 13.0 Å². The maximum Gasteiger partial charge on any atom is 0.447 e. The SMILES string of the molecule is CS/C(C)=N\OC(=O)N(C)SN(C)C(=O)Oc1ccccc1C1SCCS1. The summed E-state index contributed by atoms with van der Waals surface area (Å²) in [6, 6.07) is 7.52. The van der Waals surface area contributed by atoms with Gasteiger partial charge in [-0.3, -0.25) is 4.84 Å². The smallest absolute Gasteiger partial charge is 0.409 e. The van der Waals surface area contributed by atoms with Gasteiger partial charge in [0.1, 0.15) is 10.8 Å². The number of hydrogen-bond donors (Lipinski definition) is 0. The summed E-state index contributed by atoms with van der Waals surface area (Å²) in [5.74, 6) is 2.70. The molecule has 1 aromatic rings. The zero-order valence-corrected chi connectivity index (χ0v) is 18.7. The molecule has 0 N–H and O–H groups in total. The zero-order valence-electron chi connectivity index (χ0n) is 15.4. The largest absolute Gasteiger partial charge is 0.447 e. The van der Waals surface area contributed by atoms with Crippen molar-refractivity contribution >= 4 is 64.6 Å². The second-order valence-electron chi connectivity index (χ2n) is 5.23. The molecule has 0 unspecified atom stereocenters. The molecule has 27 heavy (non-hydrogen) atoms. The van der Waals surface area contributed by atoms with E-state index < -0.39 is 12.2 Å². The van der Waals surface area contributed by atoms with Gasteiger partial charge in [-0.1, -0.05) is 23.4 Å². The lowest BCUT2D eigenvalue weighted by molar-refractivity contribution is 0.136. The minimum absolute atomic E-state index is 0.266. The Morgan fingerprint density at radius 1 is 1.15 bits per heavy atom. The van der Waals surface area contributed by atoms with Crippen molar-refractivity contribution < 1.29 is 19.2 Å². The molecule has 148 valence electrons. The molecule has 7 nitrogen and oxygen atoms in total. The summed E-state index contributed by atoms with van der Waals surface area (Å²) in [7, 11) is 3.01. The molecule has 0 radical (unpaired) electrons. The number of oxime groups is 1. The summed E-state index contributed by atoms with van der Waals surface area (Å²) < 4.78 is 8.19. The minimum Gasteiger partial charge on any atom is -0.409 e. The summed E-state index contributed by atoms with van der Waals surface area (Å²) >= 11 is 5.91. The first-order chi connectivity index (χ1) is 12.9. The van der Waals surface area contributed by atoms with Crippen LogP contribution in [0.15, 0.2) is 29.4 Å². The van der Waals surface area contributed by atoms with Crippen LogP contribution in [0.5, 0.6) is 5.75 Å². The Balaban J connectivity index is 1.93. The van der Waals surface area contributed by atoms with Crippen molar-refractivity contribution in [1.29, 1.82) is 0 Å². The van der Waals surface area contributed by atoms with Gasteiger partial charge in [-0.05, 0) is 19.2 Å². The lowest BCUT2D eigenvalue weighted by Crippen LogP contribution is -2.30. The fraction of sp³-hybridized carbons (Fsp3) is 0.438. The van der Waals surface area contributed by atoms with Gasteiger partial charge in [0.25, 0.3) is 0 Å². The van der Waals surface area contributed by atoms with Crippen LogP contribution in [0.25, 0.3) is 0 Å². The van der Waals surface area contributed by atoms with E-state index in [0.717, 1.165) is 33.5 Å². The van der Waals surface area contributed by atoms with E-state index >= 15 is 0 Å². The molecule has 0 aliphatic carbocycles. The summed E-state index contributed by atoms with van der Waals surface area (Å²) in [5.41, 5.74) is 0.992. The highest BCUT2D eigenvalue weighted by Crippen LogP contribution is 2.48. The van der Waals surface area contributed by atoms with Gasteiger partial charge in [0.05, 0.1) is 16.7 Å². The number of benzene rings is 1. The second-order valence-corrected chi connectivity index (χ2v) is 10.2. The Morgan fingerprint density at radius 3 is 2.44 bits per heavy atom. The van der Waals surface area contributed by atoms with Crippen LogP contribution in [0.3, 0.4) is 0 Å². The standard InChI is InChI=1S/C16H21N3O4S4/c1-11(24-4)17-23-16(21)19(3)27-18(2)15(20)22-13-8-6-5-7-12(13)14-25-9-10-26-14/h5-8,14H,9-10H2,1-4H3/b17-11-. The van der Waals surface area contributed by atoms with E-state index in [2.05, 4.69) is 5.16 Å². The van der Waals surface area contributed by atoms with Crippen LogP contribution in [-0.2, 0) is 4.84 Å². The Kier molecular flexibility index (Phi) is 9.00. The van der Waals surface area contributed by atoms with Gasteiger partial charge >= 0.3 is 12.2 Å². The maximum atomic E-state index is 12.4. The molecule has 2 amide bonds. The number of rotatable bonds is 5. The molecular weight excluding hydrogens is 426 g/mol. The predicted octanol–water partition coefficient (Wildman–Crippen LogP) is 4.92. The predicted molar refractivity (Wildman–Crippen MR) is 116 cm³/mol. The van der Waals surface area contributed by atoms with Crippen LogP contribution in [0, 0.1) is 0 Å². The maximum absolute atomic E-state index is 12.4. The van der Waals surface area contributed by atoms with Crippen LogP contribution < -0.4 is 4.74 Å². The molecule has 11 heteroatoms. The zero-order chi connectivity index (χ0) is 19.8. The Labute approximate surface area is 176 Å². The molecule has 1 fully saturated rings. The molecule has 1 aromatic carbocycles. The van der Waals surface area contributed by atoms with Gasteiger partial charge in [-0.15, -0.1) is 35.3 Å². The van der Waals surface area contributed by atoms with E-state index in [1.165, 1.54) is 30.2 Å². The van der Waals surface area contributed by atoms with Crippen LogP contribution in [0.4, 0.5) is 9.59 Å². The summed E-state index contributed by atoms with van der Waals surface area (Å²) in [6.45, 7) is 1.73. The van der Waals surface area contributed by atoms with Crippen molar-refractivity contribution in [2.45, 2.75) is 11.5 Å². The highest BCUT2D eigenvalue weighted by Gasteiger charge is 2.24. The number of para-hydroxylation sites is 1. The van der Waals surface area contributed by atoms with Gasteiger partial charge in [-0.2, -0.15) is 0 Å². The Morgan fingerprint density at radius 2 is 1.78 bits per heavy atom. The summed E-state index contributed by atoms with van der Waals surface area (Å²) in [5, 5.41) is 4.29. The lowest BCUT2D eigenvalue weighted by atomic mass is 10.2. The molecule has 1 heterocycles. The number of nitrogens with zero attached hydrogens (tertiary/aromatic N) is 3. The summed E-state index contributed by atoms with van der Waals surface area (Å²) in [4.78, 5) is 29.1. The average molecular weight is 448 g/mol. The van der Waals surface area contributed by atoms with Crippen molar-refractivity contribution in [2.75, 3.05) is 31.9 Å². The number of hydrogen-bond acceptors (Lipinski definition) is 9. The third-order valence-electron chi connectivity index (χ3n) is 3.30. The molecule has 1 aliphatic heterocycles. The monoisotopic (exact) mass is 447 g/mol. The molecule has 1 saturated heterocycles. The first-order valence-corrected chi connectivity index (χ1v) is 12.0. The van der Waals surface area contributed by atoms with Crippen LogP contribution in [0.2, 0.25) is 0 Å². The highest BCUT2D eigenvalue weighted by atomic mass is 32.2. The van der Waals surface area contributed by atoms with Crippen LogP contribution >= 0.6 is 47.4 Å². The van der Waals surface area contributed by atoms with Crippen molar-refractivity contribution in [3.63, 3.8) is 0 Å². The van der Waals surface area contributed by atoms with Crippen LogP contribution in [-0.4, -0.2) is 57.7 Å². The minimum atomic E-state index is -0.688. The van der Waals surface area contributed by atoms with Gasteiger partial charge < -0.3 is 4.74 Å². The molecule has 0 saturated carbocycles.